The lowest BCUT2D eigenvalue weighted by Gasteiger charge is -2.26. The summed E-state index contributed by atoms with van der Waals surface area (Å²) in [5.41, 5.74) is 10.8. The average molecular weight is 878 g/mol. The number of nitrogen functional groups attached to an aromatic ring is 2. The molecule has 2 aliphatic heterocycles. The molecule has 2 saturated heterocycles. The number of imidazole rings is 2. The third-order valence-electron chi connectivity index (χ3n) is 8.28. The maximum atomic E-state index is 13.4. The van der Waals surface area contributed by atoms with Crippen molar-refractivity contribution in [3.8, 4) is 0 Å². The molecule has 0 bridgehead atoms. The first-order chi connectivity index (χ1) is 26.1. The zero-order chi connectivity index (χ0) is 41.0. The van der Waals surface area contributed by atoms with Crippen LogP contribution in [0.1, 0.15) is 12.5 Å². The first-order valence-electron chi connectivity index (χ1n) is 15.6. The standard InChI is InChI=1S/C23H34N10O19P4/c1-46-16-15(51-56(44,45)48-4-9-13(34)14(35)21(49-9)33-8-29-12-19(33)30-23(25)31-20(12)36)10(5-47-53(37,38)2-3-54(39,40)52-55(41,42)43)50-22(16)32-7-28-11-17(24)26-6-27-18(11)32/h6-10,13-16,21-22,34-35H,2-5H2,1H3,(H,37,38)(H,39,40)(H,44,45)(H2,24,26,27)(H2,41,42,43)(H3,25,30,31,36)/t9-,10-,13-,14-,15-,16-,21-,22-/m1/s1. The van der Waals surface area contributed by atoms with E-state index in [1.807, 2.05) is 0 Å². The van der Waals surface area contributed by atoms with E-state index in [1.54, 1.807) is 0 Å². The van der Waals surface area contributed by atoms with E-state index in [-0.39, 0.29) is 34.1 Å². The fourth-order valence-electron chi connectivity index (χ4n) is 5.79. The van der Waals surface area contributed by atoms with E-state index in [4.69, 9.17) is 49.0 Å². The van der Waals surface area contributed by atoms with Gasteiger partial charge in [0.05, 0.1) is 38.2 Å². The number of hydrogen-bond donors (Lipinski definition) is 10. The molecule has 12 N–H and O–H groups in total. The van der Waals surface area contributed by atoms with Crippen LogP contribution in [0.2, 0.25) is 0 Å². The van der Waals surface area contributed by atoms with Crippen LogP contribution in [0.4, 0.5) is 11.8 Å². The summed E-state index contributed by atoms with van der Waals surface area (Å²) >= 11 is 0. The molecule has 0 spiro atoms. The maximum Gasteiger partial charge on any atom is 0.476 e. The number of ether oxygens (including phenoxy) is 3. The zero-order valence-corrected chi connectivity index (χ0v) is 31.9. The van der Waals surface area contributed by atoms with Crippen molar-refractivity contribution in [3.05, 3.63) is 29.3 Å². The summed E-state index contributed by atoms with van der Waals surface area (Å²) in [4.78, 5) is 83.1. The van der Waals surface area contributed by atoms with Gasteiger partial charge in [-0.3, -0.25) is 37.1 Å². The highest BCUT2D eigenvalue weighted by Crippen LogP contribution is 2.59. The number of hydrogen-bond acceptors (Lipinski definition) is 21. The summed E-state index contributed by atoms with van der Waals surface area (Å²) in [6, 6.07) is 0. The third-order valence-corrected chi connectivity index (χ3v) is 13.6. The molecular formula is C23H34N10O19P4. The fraction of sp³-hybridized carbons (Fsp3) is 0.565. The number of H-pyrrole nitrogens is 1. The molecule has 4 aromatic heterocycles. The van der Waals surface area contributed by atoms with Crippen molar-refractivity contribution >= 4 is 64.9 Å². The SMILES string of the molecule is CO[C@@H]1[C@H](OP(=O)(O)OC[C@H]2O[C@@H](n3cnc4c(=O)[nH]c(N)nc43)[C@H](O)[C@@H]2O)[C@@H](COP(=O)(O)CCP(=O)(O)OP(=O)(O)O)O[C@H]1n1cnc2c(N)ncnc21. The Labute approximate surface area is 311 Å². The van der Waals surface area contributed by atoms with Gasteiger partial charge < -0.3 is 64.9 Å². The summed E-state index contributed by atoms with van der Waals surface area (Å²) in [5.74, 6) is -0.304. The first kappa shape index (κ1) is 42.5. The molecule has 0 aliphatic carbocycles. The smallest absolute Gasteiger partial charge is 0.387 e. The number of phosphoric acid groups is 2. The third kappa shape index (κ3) is 9.26. The van der Waals surface area contributed by atoms with Crippen molar-refractivity contribution in [1.29, 1.82) is 0 Å². The van der Waals surface area contributed by atoms with Crippen LogP contribution in [0.15, 0.2) is 23.8 Å². The number of methoxy groups -OCH3 is 1. The minimum absolute atomic E-state index is 0.0225. The van der Waals surface area contributed by atoms with Crippen molar-refractivity contribution in [2.24, 2.45) is 0 Å². The monoisotopic (exact) mass is 878 g/mol. The molecule has 29 nitrogen and oxygen atoms in total. The van der Waals surface area contributed by atoms with Crippen molar-refractivity contribution in [2.45, 2.75) is 49.1 Å². The summed E-state index contributed by atoms with van der Waals surface area (Å²) in [6.45, 7) is -1.83. The lowest BCUT2D eigenvalue weighted by molar-refractivity contribution is -0.0580. The Balaban J connectivity index is 1.19. The van der Waals surface area contributed by atoms with Crippen LogP contribution in [0.3, 0.4) is 0 Å². The van der Waals surface area contributed by atoms with E-state index < -0.39 is 111 Å². The van der Waals surface area contributed by atoms with E-state index in [9.17, 15) is 47.9 Å². The lowest BCUT2D eigenvalue weighted by Crippen LogP contribution is -2.38. The Hall–Kier alpha value is -3.14. The van der Waals surface area contributed by atoms with Gasteiger partial charge in [0.15, 0.2) is 35.1 Å². The number of nitrogens with zero attached hydrogens (tertiary/aromatic N) is 7. The fourth-order valence-corrected chi connectivity index (χ4v) is 10.9. The number of aliphatic hydroxyl groups is 2. The molecule has 0 amide bonds. The second-order valence-electron chi connectivity index (χ2n) is 12.1. The van der Waals surface area contributed by atoms with Crippen molar-refractivity contribution in [2.75, 3.05) is 44.1 Å². The van der Waals surface area contributed by atoms with E-state index in [0.29, 0.717) is 0 Å². The lowest BCUT2D eigenvalue weighted by atomic mass is 10.1. The maximum absolute atomic E-state index is 13.4. The number of fused-ring (bicyclic) bond motifs is 2. The molecular weight excluding hydrogens is 844 g/mol. The van der Waals surface area contributed by atoms with Crippen LogP contribution in [0.25, 0.3) is 22.3 Å². The largest absolute Gasteiger partial charge is 0.476 e. The highest BCUT2D eigenvalue weighted by atomic mass is 31.3. The topological polar surface area (TPSA) is 434 Å². The van der Waals surface area contributed by atoms with Gasteiger partial charge in [-0.2, -0.15) is 4.98 Å². The normalized spacial score (nSPS) is 29.1. The van der Waals surface area contributed by atoms with E-state index >= 15 is 0 Å². The number of nitrogens with two attached hydrogens (primary N) is 2. The van der Waals surface area contributed by atoms with Gasteiger partial charge in [0, 0.05) is 7.11 Å². The molecule has 0 radical (unpaired) electrons. The van der Waals surface area contributed by atoms with Crippen LogP contribution in [0, 0.1) is 0 Å². The number of nitrogens with one attached hydrogen (secondary N) is 1. The summed E-state index contributed by atoms with van der Waals surface area (Å²) in [7, 11) is -19.6. The molecule has 56 heavy (non-hydrogen) atoms. The van der Waals surface area contributed by atoms with Gasteiger partial charge >= 0.3 is 30.8 Å². The molecule has 11 atom stereocenters. The number of aromatic amines is 1. The predicted octanol–water partition coefficient (Wildman–Crippen LogP) is -2.35. The van der Waals surface area contributed by atoms with Gasteiger partial charge in [-0.25, -0.2) is 33.4 Å². The van der Waals surface area contributed by atoms with Crippen molar-refractivity contribution in [3.63, 3.8) is 0 Å². The van der Waals surface area contributed by atoms with E-state index in [2.05, 4.69) is 34.2 Å². The van der Waals surface area contributed by atoms with Crippen molar-refractivity contribution < 1.29 is 85.0 Å². The number of rotatable bonds is 16. The zero-order valence-electron chi connectivity index (χ0n) is 28.3. The molecule has 33 heteroatoms. The number of phosphoric ester groups is 1. The Morgan fingerprint density at radius 2 is 1.43 bits per heavy atom. The Morgan fingerprint density at radius 1 is 0.804 bits per heavy atom. The van der Waals surface area contributed by atoms with Gasteiger partial charge in [-0.1, -0.05) is 0 Å². The van der Waals surface area contributed by atoms with Crippen LogP contribution in [-0.4, -0.2) is 143 Å². The number of aliphatic hydroxyl groups excluding tert-OH is 2. The molecule has 0 aromatic carbocycles. The predicted molar refractivity (Wildman–Crippen MR) is 182 cm³/mol. The van der Waals surface area contributed by atoms with Gasteiger partial charge in [-0.15, -0.1) is 0 Å². The van der Waals surface area contributed by atoms with Crippen molar-refractivity contribution in [1.82, 2.24) is 39.0 Å². The highest BCUT2D eigenvalue weighted by molar-refractivity contribution is 7.64. The molecule has 6 heterocycles. The van der Waals surface area contributed by atoms with Crippen LogP contribution < -0.4 is 17.0 Å². The Kier molecular flexibility index (Phi) is 12.1. The van der Waals surface area contributed by atoms with Gasteiger partial charge in [0.25, 0.3) is 5.56 Å². The molecule has 2 fully saturated rings. The molecule has 3 unspecified atom stereocenters. The van der Waals surface area contributed by atoms with E-state index in [1.165, 1.54) is 10.9 Å². The average Bonchev–Trinajstić information content (AvgIpc) is 3.86. The van der Waals surface area contributed by atoms with Gasteiger partial charge in [0.1, 0.15) is 48.5 Å². The quantitative estimate of drug-likeness (QED) is 0.0527. The molecule has 2 aliphatic rings. The second-order valence-corrected chi connectivity index (χ2v) is 18.8. The van der Waals surface area contributed by atoms with Crippen LogP contribution in [0.5, 0.6) is 0 Å². The minimum atomic E-state index is -5.46. The molecule has 4 aromatic rings. The Morgan fingerprint density at radius 3 is 2.11 bits per heavy atom. The van der Waals surface area contributed by atoms with Crippen LogP contribution in [-0.2, 0) is 50.4 Å². The number of anilines is 2. The number of aromatic nitrogens is 8. The van der Waals surface area contributed by atoms with Crippen LogP contribution >= 0.6 is 30.8 Å². The Bertz CT molecular complexity index is 2340. The van der Waals surface area contributed by atoms with Gasteiger partial charge in [-0.05, 0) is 0 Å². The highest BCUT2D eigenvalue weighted by Gasteiger charge is 2.52. The summed E-state index contributed by atoms with van der Waals surface area (Å²) in [5, 5.41) is 21.5. The molecule has 0 saturated carbocycles. The van der Waals surface area contributed by atoms with Gasteiger partial charge in [0.2, 0.25) is 5.95 Å². The summed E-state index contributed by atoms with van der Waals surface area (Å²) < 4.78 is 88.3. The van der Waals surface area contributed by atoms with E-state index in [0.717, 1.165) is 24.3 Å². The molecule has 6 rings (SSSR count). The first-order valence-corrected chi connectivity index (χ1v) is 22.2. The minimum Gasteiger partial charge on any atom is -0.387 e. The molecule has 310 valence electrons. The second kappa shape index (κ2) is 15.9. The summed E-state index contributed by atoms with van der Waals surface area (Å²) in [6.07, 6.45) is -11.4.